The Labute approximate surface area is 98.0 Å². The molecule has 2 rings (SSSR count). The number of aromatic nitrogens is 2. The van der Waals surface area contributed by atoms with E-state index in [4.69, 9.17) is 15.2 Å². The monoisotopic (exact) mass is 235 g/mol. The van der Waals surface area contributed by atoms with Gasteiger partial charge in [0.25, 0.3) is 0 Å². The van der Waals surface area contributed by atoms with Crippen LogP contribution in [0.2, 0.25) is 0 Å². The lowest BCUT2D eigenvalue weighted by molar-refractivity contribution is 0.340. The fourth-order valence-electron chi connectivity index (χ4n) is 1.53. The molecule has 0 aliphatic carbocycles. The first kappa shape index (κ1) is 11.1. The lowest BCUT2D eigenvalue weighted by Crippen LogP contribution is -1.91. The van der Waals surface area contributed by atoms with Gasteiger partial charge >= 0.3 is 0 Å². The minimum absolute atomic E-state index is 0.0359. The summed E-state index contributed by atoms with van der Waals surface area (Å²) in [7, 11) is 2.94. The standard InChI is InChI=1S/C11H13N3O3/c1-16-8-3-6(4-9(17-2)10(8)15)7-5-13-11(12)14-7/h3-5,15H,1-2H3,(H3,12,13,14). The number of rotatable bonds is 3. The number of phenols is 1. The van der Waals surface area contributed by atoms with Gasteiger partial charge in [-0.2, -0.15) is 0 Å². The van der Waals surface area contributed by atoms with Crippen molar-refractivity contribution in [2.75, 3.05) is 20.0 Å². The lowest BCUT2D eigenvalue weighted by Gasteiger charge is -2.10. The van der Waals surface area contributed by atoms with Gasteiger partial charge in [-0.05, 0) is 12.1 Å². The van der Waals surface area contributed by atoms with Gasteiger partial charge < -0.3 is 25.3 Å². The van der Waals surface area contributed by atoms with E-state index in [0.717, 1.165) is 11.3 Å². The van der Waals surface area contributed by atoms with Gasteiger partial charge in [0.1, 0.15) is 0 Å². The van der Waals surface area contributed by atoms with Crippen molar-refractivity contribution in [1.29, 1.82) is 0 Å². The molecule has 0 aliphatic rings. The summed E-state index contributed by atoms with van der Waals surface area (Å²) in [5.74, 6) is 0.942. The molecule has 0 atom stereocenters. The molecule has 90 valence electrons. The molecule has 0 unspecified atom stereocenters. The average Bonchev–Trinajstić information content (AvgIpc) is 2.76. The predicted octanol–water partition coefficient (Wildman–Crippen LogP) is 1.38. The second-order valence-corrected chi connectivity index (χ2v) is 3.41. The minimum atomic E-state index is -0.0359. The van der Waals surface area contributed by atoms with E-state index in [1.54, 1.807) is 18.3 Å². The van der Waals surface area contributed by atoms with Gasteiger partial charge in [-0.15, -0.1) is 0 Å². The van der Waals surface area contributed by atoms with Crippen molar-refractivity contribution in [3.63, 3.8) is 0 Å². The number of aromatic hydroxyl groups is 1. The zero-order chi connectivity index (χ0) is 12.4. The number of hydrogen-bond acceptors (Lipinski definition) is 5. The molecule has 0 aliphatic heterocycles. The first-order valence-corrected chi connectivity index (χ1v) is 4.91. The number of ether oxygens (including phenoxy) is 2. The summed E-state index contributed by atoms with van der Waals surface area (Å²) in [5, 5.41) is 9.76. The van der Waals surface area contributed by atoms with Crippen LogP contribution < -0.4 is 15.2 Å². The minimum Gasteiger partial charge on any atom is -0.502 e. The number of methoxy groups -OCH3 is 2. The number of imidazole rings is 1. The molecule has 0 bridgehead atoms. The zero-order valence-corrected chi connectivity index (χ0v) is 9.52. The quantitative estimate of drug-likeness (QED) is 0.747. The second kappa shape index (κ2) is 4.25. The van der Waals surface area contributed by atoms with Crippen LogP contribution in [0.4, 0.5) is 5.95 Å². The Morgan fingerprint density at radius 3 is 2.24 bits per heavy atom. The molecule has 2 aromatic rings. The number of H-pyrrole nitrogens is 1. The van der Waals surface area contributed by atoms with Crippen molar-refractivity contribution >= 4 is 5.95 Å². The number of benzene rings is 1. The maximum atomic E-state index is 9.76. The van der Waals surface area contributed by atoms with Crippen molar-refractivity contribution in [3.8, 4) is 28.5 Å². The molecule has 1 aromatic heterocycles. The maximum Gasteiger partial charge on any atom is 0.200 e. The van der Waals surface area contributed by atoms with E-state index in [2.05, 4.69) is 9.97 Å². The number of nitrogens with one attached hydrogen (secondary N) is 1. The molecule has 4 N–H and O–H groups in total. The van der Waals surface area contributed by atoms with Gasteiger partial charge in [-0.1, -0.05) is 0 Å². The summed E-state index contributed by atoms with van der Waals surface area (Å²) >= 11 is 0. The Bertz CT molecular complexity index is 512. The summed E-state index contributed by atoms with van der Waals surface area (Å²) in [6.45, 7) is 0. The summed E-state index contributed by atoms with van der Waals surface area (Å²) in [5.41, 5.74) is 6.99. The summed E-state index contributed by atoms with van der Waals surface area (Å²) < 4.78 is 10.1. The van der Waals surface area contributed by atoms with Crippen LogP contribution in [-0.4, -0.2) is 29.3 Å². The number of aromatic amines is 1. The predicted molar refractivity (Wildman–Crippen MR) is 63.2 cm³/mol. The normalized spacial score (nSPS) is 10.2. The summed E-state index contributed by atoms with van der Waals surface area (Å²) in [6.07, 6.45) is 1.60. The maximum absolute atomic E-state index is 9.76. The highest BCUT2D eigenvalue weighted by molar-refractivity contribution is 5.68. The number of anilines is 1. The lowest BCUT2D eigenvalue weighted by atomic mass is 10.1. The van der Waals surface area contributed by atoms with Crippen LogP contribution in [0, 0.1) is 0 Å². The van der Waals surface area contributed by atoms with Crippen molar-refractivity contribution in [3.05, 3.63) is 18.3 Å². The third-order valence-corrected chi connectivity index (χ3v) is 2.39. The van der Waals surface area contributed by atoms with E-state index >= 15 is 0 Å². The Hall–Kier alpha value is -2.37. The van der Waals surface area contributed by atoms with Crippen LogP contribution in [0.15, 0.2) is 18.3 Å². The molecular formula is C11H13N3O3. The van der Waals surface area contributed by atoms with Gasteiger partial charge in [0.2, 0.25) is 5.75 Å². The molecule has 6 heteroatoms. The molecule has 1 aromatic carbocycles. The molecule has 0 fully saturated rings. The van der Waals surface area contributed by atoms with Crippen LogP contribution in [-0.2, 0) is 0 Å². The largest absolute Gasteiger partial charge is 0.502 e. The van der Waals surface area contributed by atoms with E-state index in [1.807, 2.05) is 0 Å². The fraction of sp³-hybridized carbons (Fsp3) is 0.182. The topological polar surface area (TPSA) is 93.4 Å². The van der Waals surface area contributed by atoms with Crippen LogP contribution >= 0.6 is 0 Å². The number of hydrogen-bond donors (Lipinski definition) is 3. The smallest absolute Gasteiger partial charge is 0.200 e. The van der Waals surface area contributed by atoms with Gasteiger partial charge in [0.05, 0.1) is 26.1 Å². The molecular weight excluding hydrogens is 222 g/mol. The third-order valence-electron chi connectivity index (χ3n) is 2.39. The molecule has 17 heavy (non-hydrogen) atoms. The van der Waals surface area contributed by atoms with Crippen molar-refractivity contribution in [2.45, 2.75) is 0 Å². The van der Waals surface area contributed by atoms with E-state index in [-0.39, 0.29) is 5.75 Å². The number of nitrogen functional groups attached to an aromatic ring is 1. The molecule has 0 radical (unpaired) electrons. The van der Waals surface area contributed by atoms with Gasteiger partial charge in [0, 0.05) is 5.56 Å². The molecule has 0 spiro atoms. The number of nitrogens with zero attached hydrogens (tertiary/aromatic N) is 1. The number of phenolic OH excluding ortho intramolecular Hbond substituents is 1. The highest BCUT2D eigenvalue weighted by Gasteiger charge is 2.13. The van der Waals surface area contributed by atoms with E-state index < -0.39 is 0 Å². The Balaban J connectivity index is 2.55. The fourth-order valence-corrected chi connectivity index (χ4v) is 1.53. The summed E-state index contributed by atoms with van der Waals surface area (Å²) in [4.78, 5) is 6.79. The van der Waals surface area contributed by atoms with Gasteiger partial charge in [0.15, 0.2) is 17.4 Å². The first-order chi connectivity index (χ1) is 8.15. The number of nitrogens with two attached hydrogens (primary N) is 1. The molecule has 0 saturated carbocycles. The van der Waals surface area contributed by atoms with E-state index in [1.165, 1.54) is 14.2 Å². The van der Waals surface area contributed by atoms with Crippen molar-refractivity contribution in [2.24, 2.45) is 0 Å². The Morgan fingerprint density at radius 1 is 1.24 bits per heavy atom. The highest BCUT2D eigenvalue weighted by Crippen LogP contribution is 2.39. The SMILES string of the molecule is COc1cc(-c2cnc(N)[nH]2)cc(OC)c1O. The van der Waals surface area contributed by atoms with Crippen LogP contribution in [0.5, 0.6) is 17.2 Å². The molecule has 0 amide bonds. The van der Waals surface area contributed by atoms with E-state index in [0.29, 0.717) is 17.4 Å². The first-order valence-electron chi connectivity index (χ1n) is 4.91. The van der Waals surface area contributed by atoms with Crippen molar-refractivity contribution < 1.29 is 14.6 Å². The third kappa shape index (κ3) is 1.96. The second-order valence-electron chi connectivity index (χ2n) is 3.41. The van der Waals surface area contributed by atoms with E-state index in [9.17, 15) is 5.11 Å². The Morgan fingerprint density at radius 2 is 1.82 bits per heavy atom. The molecule has 0 saturated heterocycles. The van der Waals surface area contributed by atoms with Crippen LogP contribution in [0.1, 0.15) is 0 Å². The highest BCUT2D eigenvalue weighted by atomic mass is 16.5. The molecule has 6 nitrogen and oxygen atoms in total. The van der Waals surface area contributed by atoms with Gasteiger partial charge in [-0.25, -0.2) is 4.98 Å². The summed E-state index contributed by atoms with van der Waals surface area (Å²) in [6, 6.07) is 3.34. The van der Waals surface area contributed by atoms with Crippen LogP contribution in [0.25, 0.3) is 11.3 Å². The van der Waals surface area contributed by atoms with Crippen molar-refractivity contribution in [1.82, 2.24) is 9.97 Å². The molecule has 1 heterocycles. The Kier molecular flexibility index (Phi) is 2.78. The van der Waals surface area contributed by atoms with Crippen LogP contribution in [0.3, 0.4) is 0 Å². The van der Waals surface area contributed by atoms with Gasteiger partial charge in [-0.3, -0.25) is 0 Å². The zero-order valence-electron chi connectivity index (χ0n) is 9.52. The average molecular weight is 235 g/mol.